The van der Waals surface area contributed by atoms with E-state index in [1.165, 1.54) is 45.1 Å². The van der Waals surface area contributed by atoms with Crippen LogP contribution in [-0.4, -0.2) is 83.4 Å². The summed E-state index contributed by atoms with van der Waals surface area (Å²) in [6.45, 7) is 1.76. The first-order valence-electron chi connectivity index (χ1n) is 9.95. The Kier molecular flexibility index (Phi) is 7.21. The molecule has 0 radical (unpaired) electrons. The van der Waals surface area contributed by atoms with E-state index in [1.807, 2.05) is 5.43 Å². The molecule has 0 spiro atoms. The molecule has 4 heterocycles. The van der Waals surface area contributed by atoms with E-state index < -0.39 is 46.4 Å². The molecule has 0 aromatic carbocycles. The third-order valence-electron chi connectivity index (χ3n) is 5.59. The minimum Gasteiger partial charge on any atom is -0.481 e. The van der Waals surface area contributed by atoms with Gasteiger partial charge in [0.05, 0.1) is 5.69 Å². The standard InChI is InChI=1S/C17H21N9O5S4/c1-6-23-24-16(35-6)34-5-17(14(30)31)3-25-12(29)9(13(25)33-4-17)26(20)11(28)8(10(27)22-19)7-2-32-15(18)21-7/h2,8-9,13H,3-5,19-20H2,1H3,(H2,18,21)(H,22,27)(H,30,31)/t8?,9?,13-,17?/m1/s1. The molecule has 0 saturated carbocycles. The summed E-state index contributed by atoms with van der Waals surface area (Å²) in [6.07, 6.45) is 0. The lowest BCUT2D eigenvalue weighted by Crippen LogP contribution is -2.76. The molecule has 2 aliphatic heterocycles. The van der Waals surface area contributed by atoms with Crippen LogP contribution in [0.3, 0.4) is 0 Å². The van der Waals surface area contributed by atoms with Crippen LogP contribution < -0.4 is 22.8 Å². The minimum atomic E-state index is -1.49. The van der Waals surface area contributed by atoms with Gasteiger partial charge in [0.1, 0.15) is 15.8 Å². The lowest BCUT2D eigenvalue weighted by Gasteiger charge is -2.55. The van der Waals surface area contributed by atoms with Crippen LogP contribution in [0.1, 0.15) is 16.6 Å². The largest absolute Gasteiger partial charge is 0.481 e. The molecule has 8 N–H and O–H groups in total. The summed E-state index contributed by atoms with van der Waals surface area (Å²) < 4.78 is 0.647. The van der Waals surface area contributed by atoms with E-state index in [2.05, 4.69) is 15.2 Å². The number of nitrogen functional groups attached to an aromatic ring is 1. The van der Waals surface area contributed by atoms with Crippen LogP contribution in [0.5, 0.6) is 0 Å². The number of amides is 3. The van der Waals surface area contributed by atoms with Crippen LogP contribution in [0.15, 0.2) is 9.72 Å². The van der Waals surface area contributed by atoms with Crippen molar-refractivity contribution in [1.29, 1.82) is 0 Å². The maximum Gasteiger partial charge on any atom is 0.313 e. The van der Waals surface area contributed by atoms with Gasteiger partial charge in [0.25, 0.3) is 17.7 Å². The highest BCUT2D eigenvalue weighted by Gasteiger charge is 2.60. The van der Waals surface area contributed by atoms with Crippen molar-refractivity contribution in [1.82, 2.24) is 30.5 Å². The summed E-state index contributed by atoms with van der Waals surface area (Å²) in [5.41, 5.74) is 6.38. The quantitative estimate of drug-likeness (QED) is 0.0641. The molecule has 35 heavy (non-hydrogen) atoms. The van der Waals surface area contributed by atoms with E-state index >= 15 is 0 Å². The molecule has 2 aromatic heterocycles. The number of hydrogen-bond donors (Lipinski definition) is 5. The second-order valence-electron chi connectivity index (χ2n) is 7.87. The monoisotopic (exact) mass is 559 g/mol. The summed E-state index contributed by atoms with van der Waals surface area (Å²) in [4.78, 5) is 56.0. The summed E-state index contributed by atoms with van der Waals surface area (Å²) in [5.74, 6) is 6.88. The van der Waals surface area contributed by atoms with Crippen molar-refractivity contribution in [3.05, 3.63) is 16.1 Å². The zero-order valence-electron chi connectivity index (χ0n) is 18.1. The number of thioether (sulfide) groups is 2. The number of carbonyl (C=O) groups excluding carboxylic acids is 3. The molecule has 0 aliphatic carbocycles. The van der Waals surface area contributed by atoms with Crippen molar-refractivity contribution >= 4 is 75.0 Å². The van der Waals surface area contributed by atoms with Crippen LogP contribution in [0.2, 0.25) is 0 Å². The van der Waals surface area contributed by atoms with Crippen molar-refractivity contribution in [2.75, 3.05) is 23.8 Å². The number of rotatable bonds is 8. The number of aromatic nitrogens is 3. The van der Waals surface area contributed by atoms with Gasteiger partial charge >= 0.3 is 5.97 Å². The van der Waals surface area contributed by atoms with Gasteiger partial charge < -0.3 is 15.7 Å². The Hall–Kier alpha value is -2.51. The molecule has 2 fully saturated rings. The molecule has 188 valence electrons. The zero-order valence-corrected chi connectivity index (χ0v) is 21.4. The number of fused-ring (bicyclic) bond motifs is 1. The Morgan fingerprint density at radius 2 is 2.17 bits per heavy atom. The normalized spacial score (nSPS) is 24.3. The number of hydrazine groups is 2. The summed E-state index contributed by atoms with van der Waals surface area (Å²) in [6, 6.07) is -1.07. The Morgan fingerprint density at radius 1 is 1.43 bits per heavy atom. The van der Waals surface area contributed by atoms with Gasteiger partial charge in [-0.15, -0.1) is 33.3 Å². The number of nitrogens with zero attached hydrogens (tertiary/aromatic N) is 5. The Bertz CT molecular complexity index is 1170. The fourth-order valence-electron chi connectivity index (χ4n) is 3.72. The highest BCUT2D eigenvalue weighted by molar-refractivity contribution is 8.01. The minimum absolute atomic E-state index is 0.0442. The molecule has 18 heteroatoms. The maximum atomic E-state index is 13.1. The van der Waals surface area contributed by atoms with Crippen molar-refractivity contribution in [3.8, 4) is 0 Å². The molecular weight excluding hydrogens is 539 g/mol. The Morgan fingerprint density at radius 3 is 2.74 bits per heavy atom. The number of hydrogen-bond acceptors (Lipinski definition) is 14. The number of nitrogens with two attached hydrogens (primary N) is 3. The molecular formula is C17H21N9O5S4. The molecule has 0 bridgehead atoms. The van der Waals surface area contributed by atoms with Crippen LogP contribution in [0.4, 0.5) is 5.13 Å². The van der Waals surface area contributed by atoms with Crippen molar-refractivity contribution < 1.29 is 24.3 Å². The van der Waals surface area contributed by atoms with Crippen molar-refractivity contribution in [2.45, 2.75) is 28.6 Å². The van der Waals surface area contributed by atoms with Gasteiger partial charge in [-0.05, 0) is 6.92 Å². The molecule has 2 saturated heterocycles. The lowest BCUT2D eigenvalue weighted by atomic mass is 9.89. The smallest absolute Gasteiger partial charge is 0.313 e. The van der Waals surface area contributed by atoms with Gasteiger partial charge in [-0.3, -0.25) is 29.6 Å². The number of aliphatic carboxylic acids is 1. The van der Waals surface area contributed by atoms with Gasteiger partial charge in [0.2, 0.25) is 0 Å². The number of thiazole rings is 1. The van der Waals surface area contributed by atoms with Crippen LogP contribution in [0.25, 0.3) is 0 Å². The molecule has 4 rings (SSSR count). The van der Waals surface area contributed by atoms with Crippen LogP contribution in [-0.2, 0) is 19.2 Å². The first-order valence-corrected chi connectivity index (χ1v) is 13.7. The fourth-order valence-corrected chi connectivity index (χ4v) is 8.04. The number of carboxylic acids is 1. The number of aryl methyl sites for hydroxylation is 1. The third kappa shape index (κ3) is 4.68. The van der Waals surface area contributed by atoms with E-state index in [4.69, 9.17) is 17.4 Å². The first-order chi connectivity index (χ1) is 16.6. The van der Waals surface area contributed by atoms with Crippen LogP contribution >= 0.6 is 46.2 Å². The molecule has 4 atom stereocenters. The van der Waals surface area contributed by atoms with Crippen LogP contribution in [0, 0.1) is 12.3 Å². The van der Waals surface area contributed by atoms with Gasteiger partial charge in [0, 0.05) is 23.4 Å². The first kappa shape index (κ1) is 25.6. The SMILES string of the molecule is Cc1nnc(SCC2(C(=O)O)CS[C@@H]3C(N(N)C(=O)C(C(=O)NN)c4csc(N)n4)C(=O)N3C2)s1. The van der Waals surface area contributed by atoms with E-state index in [1.54, 1.807) is 6.92 Å². The summed E-state index contributed by atoms with van der Waals surface area (Å²) in [7, 11) is 0. The Labute approximate surface area is 214 Å². The number of β-lactam (4-membered cyclic amide) rings is 1. The number of nitrogens with one attached hydrogen (secondary N) is 1. The third-order valence-corrected chi connectivity index (χ3v) is 10.1. The molecule has 3 unspecified atom stereocenters. The lowest BCUT2D eigenvalue weighted by molar-refractivity contribution is -0.167. The average molecular weight is 560 g/mol. The summed E-state index contributed by atoms with van der Waals surface area (Å²) >= 11 is 4.89. The number of carboxylic acid groups (broad SMARTS) is 1. The molecule has 3 amide bonds. The Balaban J connectivity index is 1.48. The molecule has 2 aromatic rings. The number of anilines is 1. The molecule has 14 nitrogen and oxygen atoms in total. The van der Waals surface area contributed by atoms with E-state index in [0.717, 1.165) is 16.3 Å². The van der Waals surface area contributed by atoms with E-state index in [0.29, 0.717) is 9.35 Å². The second kappa shape index (κ2) is 9.86. The molecule has 2 aliphatic rings. The zero-order chi connectivity index (χ0) is 25.5. The predicted octanol–water partition coefficient (Wildman–Crippen LogP) is -1.19. The van der Waals surface area contributed by atoms with Crippen molar-refractivity contribution in [3.63, 3.8) is 0 Å². The van der Waals surface area contributed by atoms with Gasteiger partial charge in [-0.1, -0.05) is 23.1 Å². The van der Waals surface area contributed by atoms with Gasteiger partial charge in [-0.25, -0.2) is 16.7 Å². The van der Waals surface area contributed by atoms with Crippen molar-refractivity contribution in [2.24, 2.45) is 17.1 Å². The fraction of sp³-hybridized carbons (Fsp3) is 0.471. The highest BCUT2D eigenvalue weighted by atomic mass is 32.2. The van der Waals surface area contributed by atoms with Gasteiger partial charge in [-0.2, -0.15) is 0 Å². The van der Waals surface area contributed by atoms with E-state index in [-0.39, 0.29) is 28.9 Å². The topological polar surface area (TPSA) is 224 Å². The van der Waals surface area contributed by atoms with Gasteiger partial charge in [0.15, 0.2) is 21.4 Å². The second-order valence-corrected chi connectivity index (χ2v) is 12.3. The number of carbonyl (C=O) groups is 4. The highest BCUT2D eigenvalue weighted by Crippen LogP contribution is 2.46. The van der Waals surface area contributed by atoms with E-state index in [9.17, 15) is 24.3 Å². The maximum absolute atomic E-state index is 13.1. The predicted molar refractivity (Wildman–Crippen MR) is 130 cm³/mol. The average Bonchev–Trinajstić information content (AvgIpc) is 3.45. The summed E-state index contributed by atoms with van der Waals surface area (Å²) in [5, 5.41) is 20.4.